The molecular formula is C7H15NO2S. The minimum Gasteiger partial charge on any atom is -0.481 e. The van der Waals surface area contributed by atoms with Crippen molar-refractivity contribution in [1.29, 1.82) is 0 Å². The summed E-state index contributed by atoms with van der Waals surface area (Å²) in [5, 5.41) is 8.28. The lowest BCUT2D eigenvalue weighted by Gasteiger charge is -1.97. The van der Waals surface area contributed by atoms with Gasteiger partial charge in [-0.3, -0.25) is 4.79 Å². The van der Waals surface area contributed by atoms with Crippen LogP contribution in [0.1, 0.15) is 19.3 Å². The average molecular weight is 177 g/mol. The molecule has 3 nitrogen and oxygen atoms in total. The average Bonchev–Trinajstić information content (AvgIpc) is 1.96. The number of aliphatic carboxylic acids is 1. The van der Waals surface area contributed by atoms with E-state index in [9.17, 15) is 4.79 Å². The van der Waals surface area contributed by atoms with Crippen molar-refractivity contribution >= 4 is 17.7 Å². The quantitative estimate of drug-likeness (QED) is 0.568. The number of hydrogen-bond acceptors (Lipinski definition) is 3. The second-order valence-corrected chi connectivity index (χ2v) is 3.48. The Kier molecular flexibility index (Phi) is 7.72. The third-order valence-corrected chi connectivity index (χ3v) is 2.27. The Labute approximate surface area is 71.3 Å². The summed E-state index contributed by atoms with van der Waals surface area (Å²) < 4.78 is 0. The van der Waals surface area contributed by atoms with Gasteiger partial charge in [0.05, 0.1) is 6.42 Å². The molecule has 0 atom stereocenters. The Morgan fingerprint density at radius 3 is 2.64 bits per heavy atom. The van der Waals surface area contributed by atoms with E-state index >= 15 is 0 Å². The molecule has 0 aliphatic carbocycles. The molecule has 11 heavy (non-hydrogen) atoms. The van der Waals surface area contributed by atoms with E-state index in [1.807, 2.05) is 0 Å². The third-order valence-electron chi connectivity index (χ3n) is 1.20. The number of carboxylic acid groups (broad SMARTS) is 1. The van der Waals surface area contributed by atoms with Crippen LogP contribution in [-0.4, -0.2) is 29.1 Å². The molecular weight excluding hydrogens is 162 g/mol. The highest BCUT2D eigenvalue weighted by atomic mass is 32.2. The molecule has 0 fully saturated rings. The van der Waals surface area contributed by atoms with Crippen LogP contribution in [0.5, 0.6) is 0 Å². The molecule has 0 rings (SSSR count). The van der Waals surface area contributed by atoms with Gasteiger partial charge in [0.2, 0.25) is 0 Å². The molecule has 0 aromatic heterocycles. The van der Waals surface area contributed by atoms with E-state index in [0.29, 0.717) is 0 Å². The van der Waals surface area contributed by atoms with Crippen molar-refractivity contribution < 1.29 is 9.90 Å². The summed E-state index contributed by atoms with van der Waals surface area (Å²) in [5.74, 6) is 1.04. The Bertz CT molecular complexity index is 109. The van der Waals surface area contributed by atoms with Crippen molar-refractivity contribution in [2.24, 2.45) is 5.73 Å². The standard InChI is InChI=1S/C7H15NO2S/c8-4-1-2-5-11-6-3-7(9)10/h1-6,8H2,(H,9,10). The molecule has 0 bridgehead atoms. The molecule has 4 heteroatoms. The number of hydrogen-bond donors (Lipinski definition) is 2. The van der Waals surface area contributed by atoms with E-state index in [4.69, 9.17) is 10.8 Å². The minimum absolute atomic E-state index is 0.271. The van der Waals surface area contributed by atoms with E-state index in [-0.39, 0.29) is 6.42 Å². The first-order chi connectivity index (χ1) is 5.27. The fraction of sp³-hybridized carbons (Fsp3) is 0.857. The van der Waals surface area contributed by atoms with Gasteiger partial charge in [0.25, 0.3) is 0 Å². The van der Waals surface area contributed by atoms with Crippen LogP contribution in [0.3, 0.4) is 0 Å². The Morgan fingerprint density at radius 1 is 1.36 bits per heavy atom. The first-order valence-electron chi connectivity index (χ1n) is 3.77. The molecule has 66 valence electrons. The molecule has 0 spiro atoms. The van der Waals surface area contributed by atoms with Gasteiger partial charge >= 0.3 is 5.97 Å². The maximum atomic E-state index is 10.1. The highest BCUT2D eigenvalue weighted by Crippen LogP contribution is 2.05. The lowest BCUT2D eigenvalue weighted by Crippen LogP contribution is -2.00. The topological polar surface area (TPSA) is 63.3 Å². The van der Waals surface area contributed by atoms with Gasteiger partial charge in [0, 0.05) is 5.75 Å². The smallest absolute Gasteiger partial charge is 0.304 e. The molecule has 0 saturated carbocycles. The van der Waals surface area contributed by atoms with Crippen molar-refractivity contribution in [1.82, 2.24) is 0 Å². The van der Waals surface area contributed by atoms with E-state index in [1.54, 1.807) is 11.8 Å². The van der Waals surface area contributed by atoms with E-state index in [2.05, 4.69) is 0 Å². The van der Waals surface area contributed by atoms with Gasteiger partial charge in [0.1, 0.15) is 0 Å². The largest absolute Gasteiger partial charge is 0.481 e. The van der Waals surface area contributed by atoms with Gasteiger partial charge in [-0.25, -0.2) is 0 Å². The Hall–Kier alpha value is -0.220. The van der Waals surface area contributed by atoms with Crippen molar-refractivity contribution in [3.05, 3.63) is 0 Å². The molecule has 0 aliphatic rings. The summed E-state index contributed by atoms with van der Waals surface area (Å²) in [6.07, 6.45) is 2.41. The van der Waals surface area contributed by atoms with Gasteiger partial charge in [-0.05, 0) is 25.1 Å². The number of thioether (sulfide) groups is 1. The van der Waals surface area contributed by atoms with Crippen molar-refractivity contribution in [3.8, 4) is 0 Å². The molecule has 0 aliphatic heterocycles. The molecule has 0 aromatic carbocycles. The minimum atomic E-state index is -0.712. The summed E-state index contributed by atoms with van der Waals surface area (Å²) in [5.41, 5.74) is 5.29. The van der Waals surface area contributed by atoms with E-state index < -0.39 is 5.97 Å². The van der Waals surface area contributed by atoms with Gasteiger partial charge in [0.15, 0.2) is 0 Å². The van der Waals surface area contributed by atoms with Gasteiger partial charge in [-0.2, -0.15) is 11.8 Å². The van der Waals surface area contributed by atoms with Crippen molar-refractivity contribution in [2.45, 2.75) is 19.3 Å². The third kappa shape index (κ3) is 9.78. The predicted molar refractivity (Wildman–Crippen MR) is 47.9 cm³/mol. The molecule has 0 saturated heterocycles. The first kappa shape index (κ1) is 10.8. The van der Waals surface area contributed by atoms with Crippen LogP contribution in [0.2, 0.25) is 0 Å². The zero-order chi connectivity index (χ0) is 8.53. The zero-order valence-corrected chi connectivity index (χ0v) is 7.40. The second kappa shape index (κ2) is 7.88. The van der Waals surface area contributed by atoms with E-state index in [1.165, 1.54) is 0 Å². The summed E-state index contributed by atoms with van der Waals surface area (Å²) in [6, 6.07) is 0. The fourth-order valence-electron chi connectivity index (χ4n) is 0.610. The maximum absolute atomic E-state index is 10.1. The number of nitrogens with two attached hydrogens (primary N) is 1. The van der Waals surface area contributed by atoms with E-state index in [0.717, 1.165) is 30.9 Å². The molecule has 3 N–H and O–H groups in total. The second-order valence-electron chi connectivity index (χ2n) is 2.25. The first-order valence-corrected chi connectivity index (χ1v) is 4.92. The van der Waals surface area contributed by atoms with Crippen LogP contribution in [-0.2, 0) is 4.79 Å². The number of unbranched alkanes of at least 4 members (excludes halogenated alkanes) is 1. The zero-order valence-electron chi connectivity index (χ0n) is 6.58. The number of carboxylic acids is 1. The fourth-order valence-corrected chi connectivity index (χ4v) is 1.54. The monoisotopic (exact) mass is 177 g/mol. The Morgan fingerprint density at radius 2 is 2.09 bits per heavy atom. The van der Waals surface area contributed by atoms with Gasteiger partial charge in [-0.1, -0.05) is 0 Å². The van der Waals surface area contributed by atoms with Crippen molar-refractivity contribution in [3.63, 3.8) is 0 Å². The highest BCUT2D eigenvalue weighted by molar-refractivity contribution is 7.99. The summed E-state index contributed by atoms with van der Waals surface area (Å²) >= 11 is 1.69. The van der Waals surface area contributed by atoms with Gasteiger partial charge < -0.3 is 10.8 Å². The summed E-state index contributed by atoms with van der Waals surface area (Å²) in [4.78, 5) is 10.1. The van der Waals surface area contributed by atoms with Crippen LogP contribution in [0.25, 0.3) is 0 Å². The predicted octanol–water partition coefficient (Wildman–Crippen LogP) is 0.933. The molecule has 0 aromatic rings. The normalized spacial score (nSPS) is 9.91. The van der Waals surface area contributed by atoms with Crippen LogP contribution in [0.4, 0.5) is 0 Å². The molecule has 0 radical (unpaired) electrons. The number of rotatable bonds is 7. The Balaban J connectivity index is 2.85. The maximum Gasteiger partial charge on any atom is 0.304 e. The highest BCUT2D eigenvalue weighted by Gasteiger charge is 1.95. The number of carbonyl (C=O) groups is 1. The summed E-state index contributed by atoms with van der Waals surface area (Å²) in [7, 11) is 0. The van der Waals surface area contributed by atoms with Crippen LogP contribution < -0.4 is 5.73 Å². The molecule has 0 amide bonds. The van der Waals surface area contributed by atoms with Gasteiger partial charge in [-0.15, -0.1) is 0 Å². The van der Waals surface area contributed by atoms with Crippen LogP contribution >= 0.6 is 11.8 Å². The van der Waals surface area contributed by atoms with Crippen LogP contribution in [0.15, 0.2) is 0 Å². The van der Waals surface area contributed by atoms with Crippen LogP contribution in [0, 0.1) is 0 Å². The summed E-state index contributed by atoms with van der Waals surface area (Å²) in [6.45, 7) is 0.736. The molecule has 0 heterocycles. The lowest BCUT2D eigenvalue weighted by molar-refractivity contribution is -0.136. The molecule has 0 unspecified atom stereocenters. The lowest BCUT2D eigenvalue weighted by atomic mass is 10.3. The SMILES string of the molecule is NCCCCSCCC(=O)O. The van der Waals surface area contributed by atoms with Crippen molar-refractivity contribution in [2.75, 3.05) is 18.1 Å².